The van der Waals surface area contributed by atoms with Crippen LogP contribution in [0.3, 0.4) is 0 Å². The van der Waals surface area contributed by atoms with Crippen LogP contribution in [0.25, 0.3) is 0 Å². The van der Waals surface area contributed by atoms with Crippen molar-refractivity contribution in [3.8, 4) is 5.75 Å². The number of hydrogen-bond donors (Lipinski definition) is 2. The van der Waals surface area contributed by atoms with Gasteiger partial charge in [-0.1, -0.05) is 29.8 Å². The molecule has 26 heavy (non-hydrogen) atoms. The van der Waals surface area contributed by atoms with Crippen molar-refractivity contribution in [2.24, 2.45) is 0 Å². The number of rotatable bonds is 6. The van der Waals surface area contributed by atoms with Gasteiger partial charge in [0.15, 0.2) is 0 Å². The number of ether oxygens (including phenoxy) is 1. The molecule has 1 heterocycles. The van der Waals surface area contributed by atoms with E-state index in [-0.39, 0.29) is 5.91 Å². The van der Waals surface area contributed by atoms with E-state index in [0.29, 0.717) is 17.1 Å². The lowest BCUT2D eigenvalue weighted by atomic mass is 10.2. The number of pyridine rings is 1. The minimum Gasteiger partial charge on any atom is -0.496 e. The average molecular weight is 368 g/mol. The van der Waals surface area contributed by atoms with Crippen molar-refractivity contribution in [2.45, 2.75) is 6.54 Å². The number of carbonyl (C=O) groups is 1. The number of nitrogens with one attached hydrogen (secondary N) is 2. The highest BCUT2D eigenvalue weighted by Gasteiger charge is 2.09. The molecule has 3 aromatic rings. The predicted octanol–water partition coefficient (Wildman–Crippen LogP) is 4.42. The fraction of sp³-hybridized carbons (Fsp3) is 0.100. The highest BCUT2D eigenvalue weighted by molar-refractivity contribution is 6.30. The number of aromatic nitrogens is 1. The normalized spacial score (nSPS) is 10.2. The van der Waals surface area contributed by atoms with Gasteiger partial charge in [0, 0.05) is 29.0 Å². The third kappa shape index (κ3) is 4.52. The first kappa shape index (κ1) is 17.8. The zero-order valence-corrected chi connectivity index (χ0v) is 15.0. The van der Waals surface area contributed by atoms with E-state index >= 15 is 0 Å². The van der Waals surface area contributed by atoms with Crippen molar-refractivity contribution in [1.82, 2.24) is 10.3 Å². The van der Waals surface area contributed by atoms with E-state index in [1.165, 1.54) is 6.20 Å². The van der Waals surface area contributed by atoms with Crippen LogP contribution in [-0.4, -0.2) is 18.0 Å². The Hall–Kier alpha value is -3.05. The van der Waals surface area contributed by atoms with Gasteiger partial charge < -0.3 is 15.4 Å². The molecule has 1 amide bonds. The largest absolute Gasteiger partial charge is 0.496 e. The SMILES string of the molecule is COc1ccccc1CNC(=O)c1cncc(Nc2ccc(Cl)cc2)c1. The number of anilines is 2. The van der Waals surface area contributed by atoms with Crippen molar-refractivity contribution in [1.29, 1.82) is 0 Å². The summed E-state index contributed by atoms with van der Waals surface area (Å²) >= 11 is 5.89. The summed E-state index contributed by atoms with van der Waals surface area (Å²) < 4.78 is 5.29. The number of hydrogen-bond acceptors (Lipinski definition) is 4. The van der Waals surface area contributed by atoms with Crippen molar-refractivity contribution < 1.29 is 9.53 Å². The van der Waals surface area contributed by atoms with Crippen LogP contribution in [-0.2, 0) is 6.54 Å². The molecule has 0 unspecified atom stereocenters. The molecule has 5 nitrogen and oxygen atoms in total. The molecule has 1 aromatic heterocycles. The smallest absolute Gasteiger partial charge is 0.253 e. The highest BCUT2D eigenvalue weighted by Crippen LogP contribution is 2.20. The molecule has 0 aliphatic rings. The maximum atomic E-state index is 12.4. The lowest BCUT2D eigenvalue weighted by Crippen LogP contribution is -2.23. The molecule has 6 heteroatoms. The second-order valence-electron chi connectivity index (χ2n) is 5.59. The maximum absolute atomic E-state index is 12.4. The van der Waals surface area contributed by atoms with Crippen molar-refractivity contribution in [2.75, 3.05) is 12.4 Å². The van der Waals surface area contributed by atoms with E-state index in [2.05, 4.69) is 15.6 Å². The van der Waals surface area contributed by atoms with Crippen molar-refractivity contribution in [3.05, 3.63) is 83.1 Å². The highest BCUT2D eigenvalue weighted by atomic mass is 35.5. The molecule has 0 bridgehead atoms. The molecule has 3 rings (SSSR count). The van der Waals surface area contributed by atoms with Crippen molar-refractivity contribution in [3.63, 3.8) is 0 Å². The number of carbonyl (C=O) groups excluding carboxylic acids is 1. The van der Waals surface area contributed by atoms with Crippen LogP contribution in [0.2, 0.25) is 5.02 Å². The third-order valence-corrected chi connectivity index (χ3v) is 4.02. The standard InChI is InChI=1S/C20H18ClN3O2/c1-26-19-5-3-2-4-14(19)12-23-20(25)15-10-18(13-22-11-15)24-17-8-6-16(21)7-9-17/h2-11,13,24H,12H2,1H3,(H,23,25). The molecule has 0 fully saturated rings. The summed E-state index contributed by atoms with van der Waals surface area (Å²) in [6.45, 7) is 0.373. The van der Waals surface area contributed by atoms with E-state index in [4.69, 9.17) is 16.3 Å². The fourth-order valence-corrected chi connectivity index (χ4v) is 2.58. The molecular weight excluding hydrogens is 350 g/mol. The molecule has 0 aliphatic heterocycles. The average Bonchev–Trinajstić information content (AvgIpc) is 2.68. The molecule has 0 aliphatic carbocycles. The Morgan fingerprint density at radius 3 is 2.62 bits per heavy atom. The number of para-hydroxylation sites is 1. The topological polar surface area (TPSA) is 63.2 Å². The van der Waals surface area contributed by atoms with Gasteiger partial charge in [0.05, 0.1) is 24.6 Å². The van der Waals surface area contributed by atoms with Gasteiger partial charge in [-0.05, 0) is 36.4 Å². The molecule has 2 aromatic carbocycles. The van der Waals surface area contributed by atoms with E-state index in [0.717, 1.165) is 22.7 Å². The first-order valence-corrected chi connectivity index (χ1v) is 8.41. The Kier molecular flexibility index (Phi) is 5.71. The van der Waals surface area contributed by atoms with Crippen LogP contribution in [0.4, 0.5) is 11.4 Å². The van der Waals surface area contributed by atoms with Gasteiger partial charge in [-0.3, -0.25) is 9.78 Å². The zero-order chi connectivity index (χ0) is 18.4. The second-order valence-corrected chi connectivity index (χ2v) is 6.03. The fourth-order valence-electron chi connectivity index (χ4n) is 2.46. The van der Waals surface area contributed by atoms with Crippen LogP contribution in [0.5, 0.6) is 5.75 Å². The van der Waals surface area contributed by atoms with Gasteiger partial charge in [-0.25, -0.2) is 0 Å². The second kappa shape index (κ2) is 8.36. The number of benzene rings is 2. The first-order valence-electron chi connectivity index (χ1n) is 8.03. The molecule has 2 N–H and O–H groups in total. The Balaban J connectivity index is 1.67. The Labute approximate surface area is 157 Å². The minimum atomic E-state index is -0.205. The third-order valence-electron chi connectivity index (χ3n) is 3.77. The van der Waals surface area contributed by atoms with Gasteiger partial charge in [-0.2, -0.15) is 0 Å². The molecule has 0 saturated heterocycles. The molecular formula is C20H18ClN3O2. The van der Waals surface area contributed by atoms with E-state index in [1.807, 2.05) is 36.4 Å². The lowest BCUT2D eigenvalue weighted by molar-refractivity contribution is 0.0950. The van der Waals surface area contributed by atoms with Crippen LogP contribution >= 0.6 is 11.6 Å². The molecule has 0 saturated carbocycles. The van der Waals surface area contributed by atoms with Crippen LogP contribution in [0.1, 0.15) is 15.9 Å². The summed E-state index contributed by atoms with van der Waals surface area (Å²) in [5.41, 5.74) is 2.96. The number of nitrogens with zero attached hydrogens (tertiary/aromatic N) is 1. The maximum Gasteiger partial charge on any atom is 0.253 e. The Morgan fingerprint density at radius 1 is 1.08 bits per heavy atom. The summed E-state index contributed by atoms with van der Waals surface area (Å²) in [5, 5.41) is 6.75. The van der Waals surface area contributed by atoms with Gasteiger partial charge in [0.1, 0.15) is 5.75 Å². The summed E-state index contributed by atoms with van der Waals surface area (Å²) in [6.07, 6.45) is 3.19. The monoisotopic (exact) mass is 367 g/mol. The number of methoxy groups -OCH3 is 1. The van der Waals surface area contributed by atoms with Gasteiger partial charge >= 0.3 is 0 Å². The van der Waals surface area contributed by atoms with Crippen LogP contribution in [0, 0.1) is 0 Å². The van der Waals surface area contributed by atoms with Gasteiger partial charge in [0.25, 0.3) is 5.91 Å². The van der Waals surface area contributed by atoms with Crippen LogP contribution < -0.4 is 15.4 Å². The Morgan fingerprint density at radius 2 is 1.85 bits per heavy atom. The quantitative estimate of drug-likeness (QED) is 0.677. The summed E-state index contributed by atoms with van der Waals surface area (Å²) in [5.74, 6) is 0.534. The number of amides is 1. The Bertz CT molecular complexity index is 898. The van der Waals surface area contributed by atoms with Gasteiger partial charge in [0.2, 0.25) is 0 Å². The number of halogens is 1. The summed E-state index contributed by atoms with van der Waals surface area (Å²) in [6, 6.07) is 16.6. The van der Waals surface area contributed by atoms with Gasteiger partial charge in [-0.15, -0.1) is 0 Å². The van der Waals surface area contributed by atoms with Crippen LogP contribution in [0.15, 0.2) is 67.0 Å². The molecule has 0 atom stereocenters. The molecule has 0 radical (unpaired) electrons. The van der Waals surface area contributed by atoms with E-state index < -0.39 is 0 Å². The van der Waals surface area contributed by atoms with Crippen molar-refractivity contribution >= 4 is 28.9 Å². The molecule has 132 valence electrons. The first-order chi connectivity index (χ1) is 12.7. The minimum absolute atomic E-state index is 0.205. The summed E-state index contributed by atoms with van der Waals surface area (Å²) in [4.78, 5) is 16.6. The summed E-state index contributed by atoms with van der Waals surface area (Å²) in [7, 11) is 1.61. The van der Waals surface area contributed by atoms with E-state index in [9.17, 15) is 4.79 Å². The predicted molar refractivity (Wildman–Crippen MR) is 103 cm³/mol. The van der Waals surface area contributed by atoms with E-state index in [1.54, 1.807) is 31.5 Å². The molecule has 0 spiro atoms. The zero-order valence-electron chi connectivity index (χ0n) is 14.2. The lowest BCUT2D eigenvalue weighted by Gasteiger charge is -2.10.